The van der Waals surface area contributed by atoms with Gasteiger partial charge in [-0.1, -0.05) is 23.2 Å². The largest absolute Gasteiger partial charge is 0.416 e. The van der Waals surface area contributed by atoms with E-state index >= 15 is 0 Å². The molecule has 1 N–H and O–H groups in total. The maximum absolute atomic E-state index is 13.2. The fourth-order valence-corrected chi connectivity index (χ4v) is 5.10. The number of hydrogen-bond acceptors (Lipinski definition) is 3. The van der Waals surface area contributed by atoms with Crippen LogP contribution in [0.25, 0.3) is 0 Å². The van der Waals surface area contributed by atoms with Gasteiger partial charge in [0.2, 0.25) is 0 Å². The zero-order valence-corrected chi connectivity index (χ0v) is 18.6. The Bertz CT molecular complexity index is 966. The van der Waals surface area contributed by atoms with E-state index in [0.717, 1.165) is 11.6 Å². The van der Waals surface area contributed by atoms with Crippen molar-refractivity contribution in [2.24, 2.45) is 0 Å². The highest BCUT2D eigenvalue weighted by atomic mass is 35.5. The first kappa shape index (κ1) is 22.5. The predicted molar refractivity (Wildman–Crippen MR) is 114 cm³/mol. The molecule has 4 nitrogen and oxygen atoms in total. The van der Waals surface area contributed by atoms with Crippen molar-refractivity contribution in [1.82, 2.24) is 4.90 Å². The minimum absolute atomic E-state index is 0.0942. The second kappa shape index (κ2) is 8.68. The monoisotopic (exact) mass is 474 g/mol. The van der Waals surface area contributed by atoms with Crippen molar-refractivity contribution in [1.29, 1.82) is 0 Å². The number of allylic oxidation sites excluding steroid dienone is 2. The molecule has 31 heavy (non-hydrogen) atoms. The molecule has 1 fully saturated rings. The Morgan fingerprint density at radius 2 is 1.94 bits per heavy atom. The van der Waals surface area contributed by atoms with Crippen LogP contribution in [0.1, 0.15) is 36.0 Å². The molecule has 0 saturated carbocycles. The average molecular weight is 475 g/mol. The molecule has 9 heteroatoms. The standard InChI is InChI=1S/C22H23Cl2F3N2O2/c1-12-8-13(22(25,26)27)9-19-16(12)10-14(28-19)11-17-18(23)3-2-15(20(17)24)21(30)29-4-6-31-7-5-29/h8-9,14,28H,2-7,10-11H2,1H3. The molecule has 3 aliphatic rings. The van der Waals surface area contributed by atoms with Crippen LogP contribution < -0.4 is 5.32 Å². The number of rotatable bonds is 3. The number of amides is 1. The first-order valence-electron chi connectivity index (χ1n) is 10.3. The number of alkyl halides is 3. The van der Waals surface area contributed by atoms with Gasteiger partial charge in [0.05, 0.1) is 23.8 Å². The Labute approximate surface area is 189 Å². The summed E-state index contributed by atoms with van der Waals surface area (Å²) in [6, 6.07) is 2.19. The molecule has 1 amide bonds. The van der Waals surface area contributed by atoms with Crippen molar-refractivity contribution in [3.63, 3.8) is 0 Å². The molecule has 1 saturated heterocycles. The molecule has 1 aliphatic carbocycles. The first-order chi connectivity index (χ1) is 14.6. The second-order valence-electron chi connectivity index (χ2n) is 8.15. The van der Waals surface area contributed by atoms with Crippen LogP contribution in [0.3, 0.4) is 0 Å². The van der Waals surface area contributed by atoms with Gasteiger partial charge >= 0.3 is 6.18 Å². The van der Waals surface area contributed by atoms with Gasteiger partial charge < -0.3 is 15.0 Å². The van der Waals surface area contributed by atoms with Crippen molar-refractivity contribution in [3.05, 3.63) is 50.0 Å². The summed E-state index contributed by atoms with van der Waals surface area (Å²) >= 11 is 13.1. The fourth-order valence-electron chi connectivity index (χ4n) is 4.42. The molecular formula is C22H23Cl2F3N2O2. The third kappa shape index (κ3) is 4.59. The van der Waals surface area contributed by atoms with Crippen molar-refractivity contribution >= 4 is 34.8 Å². The van der Waals surface area contributed by atoms with Crippen LogP contribution in [0, 0.1) is 6.92 Å². The SMILES string of the molecule is Cc1cc(C(F)(F)F)cc2c1CC(CC1=C(Cl)CCC(C(=O)N3CCOCC3)=C1Cl)N2. The van der Waals surface area contributed by atoms with Gasteiger partial charge in [-0.25, -0.2) is 0 Å². The molecule has 4 rings (SSSR count). The van der Waals surface area contributed by atoms with Gasteiger partial charge in [-0.3, -0.25) is 4.79 Å². The number of nitrogens with one attached hydrogen (secondary N) is 1. The van der Waals surface area contributed by atoms with Gasteiger partial charge in [-0.15, -0.1) is 0 Å². The van der Waals surface area contributed by atoms with Crippen LogP contribution in [0.2, 0.25) is 0 Å². The van der Waals surface area contributed by atoms with E-state index in [4.69, 9.17) is 27.9 Å². The number of fused-ring (bicyclic) bond motifs is 1. The molecular weight excluding hydrogens is 452 g/mol. The molecule has 1 aromatic rings. The van der Waals surface area contributed by atoms with E-state index in [1.54, 1.807) is 11.8 Å². The van der Waals surface area contributed by atoms with Crippen molar-refractivity contribution < 1.29 is 22.7 Å². The van der Waals surface area contributed by atoms with E-state index < -0.39 is 11.7 Å². The molecule has 0 spiro atoms. The van der Waals surface area contributed by atoms with E-state index in [1.165, 1.54) is 6.07 Å². The Morgan fingerprint density at radius 1 is 1.23 bits per heavy atom. The Balaban J connectivity index is 1.53. The highest BCUT2D eigenvalue weighted by Gasteiger charge is 2.35. The van der Waals surface area contributed by atoms with Crippen molar-refractivity contribution in [2.75, 3.05) is 31.6 Å². The smallest absolute Gasteiger partial charge is 0.381 e. The van der Waals surface area contributed by atoms with E-state index in [9.17, 15) is 18.0 Å². The number of nitrogens with zero attached hydrogens (tertiary/aromatic N) is 1. The maximum Gasteiger partial charge on any atom is 0.416 e. The third-order valence-corrected chi connectivity index (χ3v) is 6.94. The third-order valence-electron chi connectivity index (χ3n) is 6.07. The van der Waals surface area contributed by atoms with E-state index in [0.29, 0.717) is 84.4 Å². The van der Waals surface area contributed by atoms with Crippen LogP contribution in [0.4, 0.5) is 18.9 Å². The Hall–Kier alpha value is -1.70. The number of carbonyl (C=O) groups is 1. The van der Waals surface area contributed by atoms with Crippen LogP contribution in [-0.2, 0) is 22.1 Å². The van der Waals surface area contributed by atoms with Crippen LogP contribution in [0.15, 0.2) is 33.3 Å². The molecule has 0 bridgehead atoms. The van der Waals surface area contributed by atoms with Gasteiger partial charge in [-0.05, 0) is 61.4 Å². The first-order valence-corrected chi connectivity index (χ1v) is 11.0. The summed E-state index contributed by atoms with van der Waals surface area (Å²) < 4.78 is 44.8. The minimum Gasteiger partial charge on any atom is -0.381 e. The number of carbonyl (C=O) groups excluding carboxylic acids is 1. The lowest BCUT2D eigenvalue weighted by Crippen LogP contribution is -2.41. The maximum atomic E-state index is 13.2. The zero-order chi connectivity index (χ0) is 22.3. The summed E-state index contributed by atoms with van der Waals surface area (Å²) in [6.45, 7) is 3.75. The van der Waals surface area contributed by atoms with Gasteiger partial charge in [0, 0.05) is 35.4 Å². The topological polar surface area (TPSA) is 41.6 Å². The zero-order valence-electron chi connectivity index (χ0n) is 17.0. The number of benzene rings is 1. The van der Waals surface area contributed by atoms with Gasteiger partial charge in [0.1, 0.15) is 0 Å². The summed E-state index contributed by atoms with van der Waals surface area (Å²) in [5, 5.41) is 4.18. The lowest BCUT2D eigenvalue weighted by Gasteiger charge is -2.30. The highest BCUT2D eigenvalue weighted by molar-refractivity contribution is 6.37. The normalized spacial score (nSPS) is 22.0. The van der Waals surface area contributed by atoms with Gasteiger partial charge in [-0.2, -0.15) is 13.2 Å². The lowest BCUT2D eigenvalue weighted by atomic mass is 9.92. The van der Waals surface area contributed by atoms with Gasteiger partial charge in [0.15, 0.2) is 0 Å². The molecule has 1 unspecified atom stereocenters. The summed E-state index contributed by atoms with van der Waals surface area (Å²) in [4.78, 5) is 14.7. The highest BCUT2D eigenvalue weighted by Crippen LogP contribution is 2.42. The molecule has 0 radical (unpaired) electrons. The number of ether oxygens (including phenoxy) is 1. The van der Waals surface area contributed by atoms with E-state index in [2.05, 4.69) is 5.32 Å². The summed E-state index contributed by atoms with van der Waals surface area (Å²) in [6.07, 6.45) is -2.38. The van der Waals surface area contributed by atoms with Crippen molar-refractivity contribution in [2.45, 2.75) is 44.8 Å². The predicted octanol–water partition coefficient (Wildman–Crippen LogP) is 5.38. The molecule has 0 aromatic heterocycles. The van der Waals surface area contributed by atoms with Crippen LogP contribution >= 0.6 is 23.2 Å². The number of hydrogen-bond donors (Lipinski definition) is 1. The Kier molecular flexibility index (Phi) is 6.30. The second-order valence-corrected chi connectivity index (χ2v) is 8.98. The van der Waals surface area contributed by atoms with E-state index in [-0.39, 0.29) is 11.9 Å². The Morgan fingerprint density at radius 3 is 2.61 bits per heavy atom. The van der Waals surface area contributed by atoms with Crippen molar-refractivity contribution in [3.8, 4) is 0 Å². The van der Waals surface area contributed by atoms with Crippen LogP contribution in [0.5, 0.6) is 0 Å². The number of aryl methyl sites for hydroxylation is 1. The van der Waals surface area contributed by atoms with E-state index in [1.807, 2.05) is 0 Å². The summed E-state index contributed by atoms with van der Waals surface area (Å²) in [7, 11) is 0. The van der Waals surface area contributed by atoms with Crippen LogP contribution in [-0.4, -0.2) is 43.2 Å². The number of anilines is 1. The molecule has 1 atom stereocenters. The number of halogens is 5. The minimum atomic E-state index is -4.39. The molecule has 2 heterocycles. The summed E-state index contributed by atoms with van der Waals surface area (Å²) in [5.41, 5.74) is 2.56. The fraction of sp³-hybridized carbons (Fsp3) is 0.500. The molecule has 2 aliphatic heterocycles. The molecule has 1 aromatic carbocycles. The van der Waals surface area contributed by atoms with Gasteiger partial charge in [0.25, 0.3) is 5.91 Å². The molecule has 168 valence electrons. The summed E-state index contributed by atoms with van der Waals surface area (Å²) in [5.74, 6) is -0.0942. The lowest BCUT2D eigenvalue weighted by molar-refractivity contribution is -0.137. The average Bonchev–Trinajstić information content (AvgIpc) is 3.14. The quantitative estimate of drug-likeness (QED) is 0.639. The number of morpholine rings is 1.